The summed E-state index contributed by atoms with van der Waals surface area (Å²) in [6.45, 7) is 0. The summed E-state index contributed by atoms with van der Waals surface area (Å²) in [5.41, 5.74) is 7.53. The first-order valence-electron chi connectivity index (χ1n) is 5.68. The van der Waals surface area contributed by atoms with Gasteiger partial charge in [0.25, 0.3) is 0 Å². The number of pyridine rings is 1. The zero-order valence-electron chi connectivity index (χ0n) is 10.1. The molecule has 0 amide bonds. The van der Waals surface area contributed by atoms with E-state index in [-0.39, 0.29) is 11.9 Å². The molecule has 0 aliphatic carbocycles. The lowest BCUT2D eigenvalue weighted by Gasteiger charge is -2.13. The zero-order valence-corrected chi connectivity index (χ0v) is 10.1. The van der Waals surface area contributed by atoms with Gasteiger partial charge in [-0.25, -0.2) is 4.39 Å². The topological polar surface area (TPSA) is 48.1 Å². The number of aromatic nitrogens is 1. The molecule has 0 radical (unpaired) electrons. The van der Waals surface area contributed by atoms with Gasteiger partial charge in [0.2, 0.25) is 0 Å². The molecule has 0 aliphatic heterocycles. The minimum absolute atomic E-state index is 0.362. The highest BCUT2D eigenvalue weighted by Gasteiger charge is 2.11. The summed E-state index contributed by atoms with van der Waals surface area (Å²) in [5.74, 6) is 0.431. The van der Waals surface area contributed by atoms with Gasteiger partial charge in [-0.15, -0.1) is 0 Å². The SMILES string of the molecule is COc1ccc(CC(N)c2ccncc2F)cc1. The summed E-state index contributed by atoms with van der Waals surface area (Å²) in [5, 5.41) is 0. The van der Waals surface area contributed by atoms with Gasteiger partial charge in [0.05, 0.1) is 13.3 Å². The van der Waals surface area contributed by atoms with E-state index < -0.39 is 0 Å². The lowest BCUT2D eigenvalue weighted by atomic mass is 10.0. The van der Waals surface area contributed by atoms with Crippen molar-refractivity contribution in [3.05, 3.63) is 59.7 Å². The molecule has 0 spiro atoms. The Balaban J connectivity index is 2.11. The molecule has 1 unspecified atom stereocenters. The Labute approximate surface area is 105 Å². The van der Waals surface area contributed by atoms with Crippen LogP contribution in [-0.2, 0) is 6.42 Å². The monoisotopic (exact) mass is 246 g/mol. The van der Waals surface area contributed by atoms with Crippen LogP contribution < -0.4 is 10.5 Å². The molecule has 1 aromatic carbocycles. The van der Waals surface area contributed by atoms with Crippen LogP contribution in [0, 0.1) is 5.82 Å². The summed E-state index contributed by atoms with van der Waals surface area (Å²) in [6, 6.07) is 8.83. The smallest absolute Gasteiger partial charge is 0.146 e. The second kappa shape index (κ2) is 5.60. The average Bonchev–Trinajstić information content (AvgIpc) is 2.40. The van der Waals surface area contributed by atoms with E-state index in [1.54, 1.807) is 19.4 Å². The van der Waals surface area contributed by atoms with Gasteiger partial charge in [-0.05, 0) is 30.2 Å². The first-order chi connectivity index (χ1) is 8.70. The summed E-state index contributed by atoms with van der Waals surface area (Å²) in [6.07, 6.45) is 3.31. The standard InChI is InChI=1S/C14H15FN2O/c1-18-11-4-2-10(3-5-11)8-14(16)12-6-7-17-9-13(12)15/h2-7,9,14H,8,16H2,1H3. The van der Waals surface area contributed by atoms with Gasteiger partial charge in [-0.2, -0.15) is 0 Å². The third-order valence-electron chi connectivity index (χ3n) is 2.82. The molecule has 0 bridgehead atoms. The Morgan fingerprint density at radius 1 is 1.28 bits per heavy atom. The number of benzene rings is 1. The van der Waals surface area contributed by atoms with Crippen LogP contribution in [0.2, 0.25) is 0 Å². The molecule has 0 aliphatic rings. The van der Waals surface area contributed by atoms with Gasteiger partial charge < -0.3 is 10.5 Å². The molecule has 18 heavy (non-hydrogen) atoms. The minimum atomic E-state index is -0.374. The number of ether oxygens (including phenoxy) is 1. The summed E-state index contributed by atoms with van der Waals surface area (Å²) in [7, 11) is 1.62. The van der Waals surface area contributed by atoms with Crippen LogP contribution in [0.3, 0.4) is 0 Å². The van der Waals surface area contributed by atoms with Crippen LogP contribution in [0.15, 0.2) is 42.7 Å². The van der Waals surface area contributed by atoms with Gasteiger partial charge in [0, 0.05) is 17.8 Å². The van der Waals surface area contributed by atoms with E-state index in [4.69, 9.17) is 10.5 Å². The molecule has 0 saturated carbocycles. The van der Waals surface area contributed by atoms with Crippen molar-refractivity contribution < 1.29 is 9.13 Å². The van der Waals surface area contributed by atoms with Crippen LogP contribution in [0.4, 0.5) is 4.39 Å². The van der Waals surface area contributed by atoms with Crippen molar-refractivity contribution in [3.8, 4) is 5.75 Å². The lowest BCUT2D eigenvalue weighted by Crippen LogP contribution is -2.15. The number of hydrogen-bond donors (Lipinski definition) is 1. The van der Waals surface area contributed by atoms with Gasteiger partial charge >= 0.3 is 0 Å². The molecule has 1 aromatic heterocycles. The Hall–Kier alpha value is -1.94. The maximum absolute atomic E-state index is 13.5. The Morgan fingerprint density at radius 2 is 2.00 bits per heavy atom. The van der Waals surface area contributed by atoms with E-state index in [1.807, 2.05) is 24.3 Å². The van der Waals surface area contributed by atoms with Crippen molar-refractivity contribution in [1.82, 2.24) is 4.98 Å². The first-order valence-corrected chi connectivity index (χ1v) is 5.68. The number of rotatable bonds is 4. The zero-order chi connectivity index (χ0) is 13.0. The molecule has 2 N–H and O–H groups in total. The largest absolute Gasteiger partial charge is 0.497 e. The number of nitrogens with zero attached hydrogens (tertiary/aromatic N) is 1. The highest BCUT2D eigenvalue weighted by Crippen LogP contribution is 2.19. The van der Waals surface area contributed by atoms with E-state index >= 15 is 0 Å². The Bertz CT molecular complexity index is 513. The molecule has 2 aromatic rings. The molecule has 3 nitrogen and oxygen atoms in total. The second-order valence-corrected chi connectivity index (χ2v) is 4.06. The predicted molar refractivity (Wildman–Crippen MR) is 67.8 cm³/mol. The van der Waals surface area contributed by atoms with Crippen molar-refractivity contribution in [3.63, 3.8) is 0 Å². The molecule has 2 rings (SSSR count). The second-order valence-electron chi connectivity index (χ2n) is 4.06. The summed E-state index contributed by atoms with van der Waals surface area (Å²) in [4.78, 5) is 3.71. The van der Waals surface area contributed by atoms with Crippen molar-refractivity contribution in [2.45, 2.75) is 12.5 Å². The quantitative estimate of drug-likeness (QED) is 0.901. The van der Waals surface area contributed by atoms with Crippen molar-refractivity contribution in [1.29, 1.82) is 0 Å². The molecule has 1 atom stereocenters. The first kappa shape index (κ1) is 12.5. The fourth-order valence-electron chi connectivity index (χ4n) is 1.81. The maximum atomic E-state index is 13.5. The third-order valence-corrected chi connectivity index (χ3v) is 2.82. The van der Waals surface area contributed by atoms with Gasteiger partial charge in [-0.3, -0.25) is 4.98 Å². The molecule has 0 saturated heterocycles. The number of halogens is 1. The Kier molecular flexibility index (Phi) is 3.89. The summed E-state index contributed by atoms with van der Waals surface area (Å²) < 4.78 is 18.6. The van der Waals surface area contributed by atoms with Crippen molar-refractivity contribution >= 4 is 0 Å². The van der Waals surface area contributed by atoms with Crippen LogP contribution in [0.25, 0.3) is 0 Å². The number of nitrogens with two attached hydrogens (primary N) is 1. The molecule has 0 fully saturated rings. The molecule has 94 valence electrons. The van der Waals surface area contributed by atoms with Crippen LogP contribution in [0.1, 0.15) is 17.2 Å². The van der Waals surface area contributed by atoms with Crippen molar-refractivity contribution in [2.75, 3.05) is 7.11 Å². The van der Waals surface area contributed by atoms with Gasteiger partial charge in [0.15, 0.2) is 0 Å². The Morgan fingerprint density at radius 3 is 2.61 bits per heavy atom. The van der Waals surface area contributed by atoms with E-state index in [2.05, 4.69) is 4.98 Å². The van der Waals surface area contributed by atoms with E-state index in [0.717, 1.165) is 11.3 Å². The van der Waals surface area contributed by atoms with E-state index in [1.165, 1.54) is 6.20 Å². The van der Waals surface area contributed by atoms with E-state index in [9.17, 15) is 4.39 Å². The fourth-order valence-corrected chi connectivity index (χ4v) is 1.81. The van der Waals surface area contributed by atoms with Gasteiger partial charge in [0.1, 0.15) is 11.6 Å². The fraction of sp³-hybridized carbons (Fsp3) is 0.214. The minimum Gasteiger partial charge on any atom is -0.497 e. The molecule has 1 heterocycles. The third kappa shape index (κ3) is 2.84. The van der Waals surface area contributed by atoms with E-state index in [0.29, 0.717) is 12.0 Å². The predicted octanol–water partition coefficient (Wildman–Crippen LogP) is 2.47. The highest BCUT2D eigenvalue weighted by molar-refractivity contribution is 5.29. The molecule has 4 heteroatoms. The lowest BCUT2D eigenvalue weighted by molar-refractivity contribution is 0.414. The highest BCUT2D eigenvalue weighted by atomic mass is 19.1. The van der Waals surface area contributed by atoms with Crippen LogP contribution >= 0.6 is 0 Å². The normalized spacial score (nSPS) is 12.2. The molecular formula is C14H15FN2O. The van der Waals surface area contributed by atoms with Gasteiger partial charge in [-0.1, -0.05) is 12.1 Å². The molecular weight excluding hydrogens is 231 g/mol. The average molecular weight is 246 g/mol. The number of methoxy groups -OCH3 is 1. The van der Waals surface area contributed by atoms with Crippen molar-refractivity contribution in [2.24, 2.45) is 5.73 Å². The summed E-state index contributed by atoms with van der Waals surface area (Å²) >= 11 is 0. The van der Waals surface area contributed by atoms with Crippen LogP contribution in [0.5, 0.6) is 5.75 Å². The maximum Gasteiger partial charge on any atom is 0.146 e. The number of hydrogen-bond acceptors (Lipinski definition) is 3. The van der Waals surface area contributed by atoms with Crippen LogP contribution in [-0.4, -0.2) is 12.1 Å².